The van der Waals surface area contributed by atoms with Gasteiger partial charge in [0.25, 0.3) is 17.7 Å². The molecule has 1 aliphatic rings. The number of hydrogen-bond acceptors (Lipinski definition) is 5. The van der Waals surface area contributed by atoms with Gasteiger partial charge in [-0.25, -0.2) is 0 Å². The predicted molar refractivity (Wildman–Crippen MR) is 115 cm³/mol. The number of rotatable bonds is 5. The maximum absolute atomic E-state index is 12.8. The quantitative estimate of drug-likeness (QED) is 0.632. The van der Waals surface area contributed by atoms with Gasteiger partial charge in [0.05, 0.1) is 11.1 Å². The van der Waals surface area contributed by atoms with E-state index in [1.165, 1.54) is 23.1 Å². The second-order valence-electron chi connectivity index (χ2n) is 8.54. The van der Waals surface area contributed by atoms with Crippen molar-refractivity contribution in [1.82, 2.24) is 10.1 Å². The number of nitrogens with zero attached hydrogens (tertiary/aromatic N) is 2. The Morgan fingerprint density at radius 3 is 2.39 bits per heavy atom. The number of hydrogen-bond donors (Lipinski definition) is 1. The monoisotopic (exact) mass is 417 g/mol. The maximum Gasteiger partial charge on any atom is 0.261 e. The Kier molecular flexibility index (Phi) is 5.19. The molecule has 0 saturated carbocycles. The lowest BCUT2D eigenvalue weighted by Gasteiger charge is -2.13. The highest BCUT2D eigenvalue weighted by Gasteiger charge is 2.35. The average Bonchev–Trinajstić information content (AvgIpc) is 3.31. The molecule has 7 heteroatoms. The Bertz CT molecular complexity index is 1160. The minimum atomic E-state index is -0.431. The van der Waals surface area contributed by atoms with E-state index in [4.69, 9.17) is 4.52 Å². The van der Waals surface area contributed by atoms with Gasteiger partial charge in [-0.1, -0.05) is 56.3 Å². The number of nitrogens with one attached hydrogen (secondary N) is 1. The van der Waals surface area contributed by atoms with Crippen molar-refractivity contribution in [3.63, 3.8) is 0 Å². The summed E-state index contributed by atoms with van der Waals surface area (Å²) in [4.78, 5) is 39.4. The summed E-state index contributed by atoms with van der Waals surface area (Å²) in [5, 5.41) is 6.55. The number of anilines is 1. The topological polar surface area (TPSA) is 92.5 Å². The molecule has 1 aliphatic heterocycles. The molecule has 0 radical (unpaired) electrons. The normalized spacial score (nSPS) is 13.5. The first kappa shape index (κ1) is 20.5. The van der Waals surface area contributed by atoms with E-state index in [0.717, 1.165) is 5.56 Å². The number of aromatic nitrogens is 1. The molecule has 0 saturated heterocycles. The van der Waals surface area contributed by atoms with Crippen molar-refractivity contribution in [3.8, 4) is 0 Å². The molecule has 2 aromatic carbocycles. The predicted octanol–water partition coefficient (Wildman–Crippen LogP) is 4.06. The van der Waals surface area contributed by atoms with Gasteiger partial charge in [-0.2, -0.15) is 0 Å². The second kappa shape index (κ2) is 7.83. The van der Waals surface area contributed by atoms with E-state index in [9.17, 15) is 14.4 Å². The first-order valence-electron chi connectivity index (χ1n) is 10.1. The van der Waals surface area contributed by atoms with E-state index in [2.05, 4.69) is 10.5 Å². The lowest BCUT2D eigenvalue weighted by molar-refractivity contribution is 0.0656. The van der Waals surface area contributed by atoms with Crippen LogP contribution in [0.2, 0.25) is 0 Å². The zero-order chi connectivity index (χ0) is 22.2. The van der Waals surface area contributed by atoms with Gasteiger partial charge < -0.3 is 9.84 Å². The van der Waals surface area contributed by atoms with Crippen molar-refractivity contribution in [2.45, 2.75) is 32.6 Å². The standard InChI is InChI=1S/C24H23N3O4/c1-24(2,3)19-14-20(26-31-19)25-21(28)16-9-10-17-18(13-16)23(30)27(22(17)29)12-11-15-7-5-4-6-8-15/h4-10,13-14H,11-12H2,1-3H3,(H,25,26,28). The molecule has 4 rings (SSSR count). The lowest BCUT2D eigenvalue weighted by Crippen LogP contribution is -2.31. The molecule has 2 heterocycles. The fourth-order valence-corrected chi connectivity index (χ4v) is 3.40. The molecule has 0 atom stereocenters. The Hall–Kier alpha value is -3.74. The molecule has 0 aliphatic carbocycles. The Morgan fingerprint density at radius 2 is 1.71 bits per heavy atom. The summed E-state index contributed by atoms with van der Waals surface area (Å²) in [7, 11) is 0. The zero-order valence-electron chi connectivity index (χ0n) is 17.6. The van der Waals surface area contributed by atoms with Gasteiger partial charge in [-0.15, -0.1) is 0 Å². The molecule has 0 unspecified atom stereocenters. The number of imide groups is 1. The summed E-state index contributed by atoms with van der Waals surface area (Å²) in [6.45, 7) is 6.22. The van der Waals surface area contributed by atoms with Crippen LogP contribution in [0, 0.1) is 0 Å². The molecule has 0 bridgehead atoms. The van der Waals surface area contributed by atoms with E-state index in [1.54, 1.807) is 6.07 Å². The number of carbonyl (C=O) groups excluding carboxylic acids is 3. The molecular formula is C24H23N3O4. The summed E-state index contributed by atoms with van der Waals surface area (Å²) < 4.78 is 5.28. The Balaban J connectivity index is 1.48. The number of fused-ring (bicyclic) bond motifs is 1. The van der Waals surface area contributed by atoms with Crippen LogP contribution in [-0.4, -0.2) is 34.3 Å². The molecule has 7 nitrogen and oxygen atoms in total. The highest BCUT2D eigenvalue weighted by Crippen LogP contribution is 2.26. The van der Waals surface area contributed by atoms with E-state index in [0.29, 0.717) is 23.6 Å². The van der Waals surface area contributed by atoms with Crippen LogP contribution in [0.25, 0.3) is 0 Å². The highest BCUT2D eigenvalue weighted by molar-refractivity contribution is 6.22. The zero-order valence-corrected chi connectivity index (χ0v) is 17.6. The van der Waals surface area contributed by atoms with Gasteiger partial charge in [0, 0.05) is 23.6 Å². The van der Waals surface area contributed by atoms with Crippen molar-refractivity contribution < 1.29 is 18.9 Å². The third kappa shape index (κ3) is 4.12. The molecule has 1 aromatic heterocycles. The molecular weight excluding hydrogens is 394 g/mol. The third-order valence-electron chi connectivity index (χ3n) is 5.19. The summed E-state index contributed by atoms with van der Waals surface area (Å²) >= 11 is 0. The van der Waals surface area contributed by atoms with Gasteiger partial charge in [-0.05, 0) is 30.2 Å². The van der Waals surface area contributed by atoms with E-state index >= 15 is 0 Å². The first-order chi connectivity index (χ1) is 14.7. The molecule has 158 valence electrons. The van der Waals surface area contributed by atoms with Crippen molar-refractivity contribution in [1.29, 1.82) is 0 Å². The van der Waals surface area contributed by atoms with Gasteiger partial charge in [0.1, 0.15) is 5.76 Å². The molecule has 0 spiro atoms. The summed E-state index contributed by atoms with van der Waals surface area (Å²) in [5.74, 6) is -0.218. The van der Waals surface area contributed by atoms with Crippen LogP contribution in [0.4, 0.5) is 5.82 Å². The van der Waals surface area contributed by atoms with Crippen molar-refractivity contribution >= 4 is 23.5 Å². The minimum absolute atomic E-state index is 0.237. The summed E-state index contributed by atoms with van der Waals surface area (Å²) in [6, 6.07) is 15.8. The fraction of sp³-hybridized carbons (Fsp3) is 0.250. The first-order valence-corrected chi connectivity index (χ1v) is 10.1. The highest BCUT2D eigenvalue weighted by atomic mass is 16.5. The minimum Gasteiger partial charge on any atom is -0.359 e. The summed E-state index contributed by atoms with van der Waals surface area (Å²) in [5.41, 5.74) is 1.62. The smallest absolute Gasteiger partial charge is 0.261 e. The van der Waals surface area contributed by atoms with Crippen LogP contribution >= 0.6 is 0 Å². The van der Waals surface area contributed by atoms with E-state index < -0.39 is 5.91 Å². The van der Waals surface area contributed by atoms with Crippen molar-refractivity contribution in [3.05, 3.63) is 82.6 Å². The molecule has 31 heavy (non-hydrogen) atoms. The average molecular weight is 417 g/mol. The summed E-state index contributed by atoms with van der Waals surface area (Å²) in [6.07, 6.45) is 0.571. The second-order valence-corrected chi connectivity index (χ2v) is 8.54. The Morgan fingerprint density at radius 1 is 1.00 bits per heavy atom. The number of benzene rings is 2. The van der Waals surface area contributed by atoms with Crippen molar-refractivity contribution in [2.75, 3.05) is 11.9 Å². The van der Waals surface area contributed by atoms with Crippen LogP contribution in [0.1, 0.15) is 63.2 Å². The van der Waals surface area contributed by atoms with Gasteiger partial charge in [0.15, 0.2) is 5.82 Å². The van der Waals surface area contributed by atoms with Gasteiger partial charge in [-0.3, -0.25) is 19.3 Å². The Labute approximate surface area is 180 Å². The van der Waals surface area contributed by atoms with Crippen LogP contribution < -0.4 is 5.32 Å². The van der Waals surface area contributed by atoms with Gasteiger partial charge >= 0.3 is 0 Å². The number of carbonyl (C=O) groups is 3. The largest absolute Gasteiger partial charge is 0.359 e. The van der Waals surface area contributed by atoms with E-state index in [-0.39, 0.29) is 34.9 Å². The molecule has 0 fully saturated rings. The van der Waals surface area contributed by atoms with Crippen LogP contribution in [0.5, 0.6) is 0 Å². The van der Waals surface area contributed by atoms with Crippen molar-refractivity contribution in [2.24, 2.45) is 0 Å². The lowest BCUT2D eigenvalue weighted by atomic mass is 9.93. The van der Waals surface area contributed by atoms with Crippen LogP contribution in [0.3, 0.4) is 0 Å². The SMILES string of the molecule is CC(C)(C)c1cc(NC(=O)c2ccc3c(c2)C(=O)N(CCc2ccccc2)C3=O)no1. The maximum atomic E-state index is 12.8. The van der Waals surface area contributed by atoms with Crippen LogP contribution in [-0.2, 0) is 11.8 Å². The van der Waals surface area contributed by atoms with Gasteiger partial charge in [0.2, 0.25) is 0 Å². The number of amides is 3. The molecule has 1 N–H and O–H groups in total. The molecule has 3 aromatic rings. The third-order valence-corrected chi connectivity index (χ3v) is 5.19. The van der Waals surface area contributed by atoms with Crippen LogP contribution in [0.15, 0.2) is 59.1 Å². The fourth-order valence-electron chi connectivity index (χ4n) is 3.40. The molecule has 3 amide bonds. The van der Waals surface area contributed by atoms with E-state index in [1.807, 2.05) is 51.1 Å².